The second kappa shape index (κ2) is 4.07. The maximum atomic E-state index is 11.2. The van der Waals surface area contributed by atoms with E-state index in [9.17, 15) is 4.79 Å². The van der Waals surface area contributed by atoms with E-state index in [1.807, 2.05) is 0 Å². The Balaban J connectivity index is 2.03. The van der Waals surface area contributed by atoms with Crippen molar-refractivity contribution in [3.05, 3.63) is 0 Å². The van der Waals surface area contributed by atoms with Crippen molar-refractivity contribution in [1.82, 2.24) is 9.80 Å². The molecule has 2 aliphatic rings. The van der Waals surface area contributed by atoms with E-state index in [-0.39, 0.29) is 11.4 Å². The normalized spacial score (nSPS) is 34.0. The predicted molar refractivity (Wildman–Crippen MR) is 56.6 cm³/mol. The van der Waals surface area contributed by atoms with Gasteiger partial charge in [0.05, 0.1) is 0 Å². The van der Waals surface area contributed by atoms with E-state index in [1.54, 1.807) is 4.90 Å². The monoisotopic (exact) mass is 216 g/mol. The van der Waals surface area contributed by atoms with Crippen LogP contribution in [0.15, 0.2) is 0 Å². The number of halogens is 1. The third-order valence-electron chi connectivity index (χ3n) is 3.41. The van der Waals surface area contributed by atoms with Crippen LogP contribution in [0.1, 0.15) is 26.2 Å². The average Bonchev–Trinajstić information content (AvgIpc) is 2.16. The lowest BCUT2D eigenvalue weighted by Gasteiger charge is -2.46. The van der Waals surface area contributed by atoms with E-state index in [0.29, 0.717) is 6.04 Å². The molecule has 2 fully saturated rings. The lowest BCUT2D eigenvalue weighted by Crippen LogP contribution is -2.59. The van der Waals surface area contributed by atoms with Crippen LogP contribution in [0.25, 0.3) is 0 Å². The van der Waals surface area contributed by atoms with E-state index >= 15 is 0 Å². The van der Waals surface area contributed by atoms with Crippen LogP contribution in [0, 0.1) is 0 Å². The maximum absolute atomic E-state index is 11.2. The molecule has 0 saturated carbocycles. The zero-order valence-corrected chi connectivity index (χ0v) is 9.33. The van der Waals surface area contributed by atoms with Gasteiger partial charge in [-0.3, -0.25) is 9.69 Å². The number of amides is 1. The van der Waals surface area contributed by atoms with Crippen molar-refractivity contribution >= 4 is 17.0 Å². The molecule has 4 heteroatoms. The molecule has 1 amide bonds. The summed E-state index contributed by atoms with van der Waals surface area (Å²) in [5, 5.41) is -0.289. The third-order valence-corrected chi connectivity index (χ3v) is 3.63. The number of carbonyl (C=O) groups excluding carboxylic acids is 1. The molecule has 0 spiro atoms. The van der Waals surface area contributed by atoms with E-state index < -0.39 is 0 Å². The molecule has 0 radical (unpaired) electrons. The van der Waals surface area contributed by atoms with Gasteiger partial charge < -0.3 is 4.90 Å². The molecule has 0 aromatic rings. The first-order chi connectivity index (χ1) is 6.68. The zero-order valence-electron chi connectivity index (χ0n) is 8.58. The molecule has 2 saturated heterocycles. The van der Waals surface area contributed by atoms with Crippen LogP contribution in [0.4, 0.5) is 4.79 Å². The molecular weight excluding hydrogens is 200 g/mol. The number of carbonyl (C=O) groups is 1. The zero-order chi connectivity index (χ0) is 10.1. The smallest absolute Gasteiger partial charge is 0.316 e. The second-order valence-electron chi connectivity index (χ2n) is 4.40. The minimum Gasteiger partial charge on any atom is -0.324 e. The summed E-state index contributed by atoms with van der Waals surface area (Å²) in [5.41, 5.74) is 0. The van der Waals surface area contributed by atoms with Crippen molar-refractivity contribution in [2.45, 2.75) is 38.3 Å². The van der Waals surface area contributed by atoms with Gasteiger partial charge in [-0.2, -0.15) is 0 Å². The van der Waals surface area contributed by atoms with Crippen LogP contribution >= 0.6 is 11.6 Å². The van der Waals surface area contributed by atoms with Crippen LogP contribution in [-0.4, -0.2) is 46.9 Å². The molecule has 0 bridgehead atoms. The van der Waals surface area contributed by atoms with Gasteiger partial charge in [-0.05, 0) is 37.9 Å². The molecule has 2 aliphatic heterocycles. The Bertz CT molecular complexity index is 234. The maximum Gasteiger partial charge on any atom is 0.316 e. The number of fused-ring (bicyclic) bond motifs is 1. The molecule has 0 aromatic heterocycles. The summed E-state index contributed by atoms with van der Waals surface area (Å²) in [4.78, 5) is 15.5. The van der Waals surface area contributed by atoms with E-state index in [2.05, 4.69) is 11.8 Å². The molecule has 14 heavy (non-hydrogen) atoms. The van der Waals surface area contributed by atoms with Crippen LogP contribution in [0.5, 0.6) is 0 Å². The fourth-order valence-corrected chi connectivity index (χ4v) is 2.83. The Hall–Kier alpha value is -0.280. The van der Waals surface area contributed by atoms with Crippen molar-refractivity contribution in [3.63, 3.8) is 0 Å². The molecule has 2 rings (SSSR count). The Labute approximate surface area is 90.0 Å². The number of piperidine rings is 1. The molecule has 0 aromatic carbocycles. The Kier molecular flexibility index (Phi) is 2.98. The van der Waals surface area contributed by atoms with E-state index in [4.69, 9.17) is 11.6 Å². The molecule has 2 atom stereocenters. The summed E-state index contributed by atoms with van der Waals surface area (Å²) in [5.74, 6) is 0. The van der Waals surface area contributed by atoms with Crippen molar-refractivity contribution < 1.29 is 4.79 Å². The van der Waals surface area contributed by atoms with Gasteiger partial charge in [0.1, 0.15) is 0 Å². The number of piperazine rings is 1. The van der Waals surface area contributed by atoms with Gasteiger partial charge in [0.25, 0.3) is 0 Å². The first-order valence-corrected chi connectivity index (χ1v) is 5.76. The lowest BCUT2D eigenvalue weighted by atomic mass is 9.97. The highest BCUT2D eigenvalue weighted by atomic mass is 35.5. The second-order valence-corrected chi connectivity index (χ2v) is 4.72. The fourth-order valence-electron chi connectivity index (χ4n) is 2.60. The fraction of sp³-hybridized carbons (Fsp3) is 0.900. The van der Waals surface area contributed by atoms with Crippen molar-refractivity contribution in [3.8, 4) is 0 Å². The highest BCUT2D eigenvalue weighted by Crippen LogP contribution is 2.24. The number of rotatable bonds is 0. The van der Waals surface area contributed by atoms with Crippen molar-refractivity contribution in [2.24, 2.45) is 0 Å². The van der Waals surface area contributed by atoms with Crippen molar-refractivity contribution in [1.29, 1.82) is 0 Å². The standard InChI is InChI=1S/C10H17ClN2O/c1-8-6-12-5-3-2-4-9(12)7-13(8)10(11)14/h8-9H,2-7H2,1H3. The van der Waals surface area contributed by atoms with Crippen LogP contribution in [-0.2, 0) is 0 Å². The molecule has 3 nitrogen and oxygen atoms in total. The van der Waals surface area contributed by atoms with Crippen LogP contribution in [0.2, 0.25) is 0 Å². The van der Waals surface area contributed by atoms with Gasteiger partial charge in [-0.15, -0.1) is 0 Å². The summed E-state index contributed by atoms with van der Waals surface area (Å²) >= 11 is 5.55. The molecule has 0 N–H and O–H groups in total. The van der Waals surface area contributed by atoms with Gasteiger partial charge in [0.2, 0.25) is 0 Å². The third kappa shape index (κ3) is 1.89. The first-order valence-electron chi connectivity index (χ1n) is 5.38. The summed E-state index contributed by atoms with van der Waals surface area (Å²) in [6.45, 7) is 5.08. The van der Waals surface area contributed by atoms with Gasteiger partial charge >= 0.3 is 5.37 Å². The number of nitrogens with zero attached hydrogens (tertiary/aromatic N) is 2. The summed E-state index contributed by atoms with van der Waals surface area (Å²) in [6.07, 6.45) is 3.81. The number of hydrogen-bond donors (Lipinski definition) is 0. The number of hydrogen-bond acceptors (Lipinski definition) is 2. The SMILES string of the molecule is CC1CN2CCCCC2CN1C(=O)Cl. The molecule has 0 aliphatic carbocycles. The summed E-state index contributed by atoms with van der Waals surface area (Å²) in [7, 11) is 0. The Morgan fingerprint density at radius 2 is 2.14 bits per heavy atom. The van der Waals surface area contributed by atoms with Gasteiger partial charge in [0.15, 0.2) is 0 Å². The first kappa shape index (κ1) is 10.2. The van der Waals surface area contributed by atoms with Crippen molar-refractivity contribution in [2.75, 3.05) is 19.6 Å². The summed E-state index contributed by atoms with van der Waals surface area (Å²) in [6, 6.07) is 0.831. The highest BCUT2D eigenvalue weighted by Gasteiger charge is 2.34. The molecule has 2 unspecified atom stereocenters. The van der Waals surface area contributed by atoms with Crippen LogP contribution < -0.4 is 0 Å². The van der Waals surface area contributed by atoms with E-state index in [1.165, 1.54) is 25.8 Å². The largest absolute Gasteiger partial charge is 0.324 e. The quantitative estimate of drug-likeness (QED) is 0.456. The molecule has 80 valence electrons. The van der Waals surface area contributed by atoms with E-state index in [0.717, 1.165) is 13.1 Å². The average molecular weight is 217 g/mol. The molecular formula is C10H17ClN2O. The topological polar surface area (TPSA) is 23.6 Å². The van der Waals surface area contributed by atoms with Gasteiger partial charge in [-0.1, -0.05) is 6.42 Å². The van der Waals surface area contributed by atoms with Crippen LogP contribution in [0.3, 0.4) is 0 Å². The predicted octanol–water partition coefficient (Wildman–Crippen LogP) is 1.90. The summed E-state index contributed by atoms with van der Waals surface area (Å²) < 4.78 is 0. The minimum absolute atomic E-state index is 0.273. The van der Waals surface area contributed by atoms with Gasteiger partial charge in [0, 0.05) is 25.2 Å². The Morgan fingerprint density at radius 3 is 2.86 bits per heavy atom. The molecule has 2 heterocycles. The highest BCUT2D eigenvalue weighted by molar-refractivity contribution is 6.62. The van der Waals surface area contributed by atoms with Gasteiger partial charge in [-0.25, -0.2) is 0 Å². The Morgan fingerprint density at radius 1 is 1.36 bits per heavy atom. The minimum atomic E-state index is -0.289. The lowest BCUT2D eigenvalue weighted by molar-refractivity contribution is 0.0407.